The van der Waals surface area contributed by atoms with Crippen molar-refractivity contribution in [2.45, 2.75) is 36.8 Å². The van der Waals surface area contributed by atoms with Gasteiger partial charge in [0.15, 0.2) is 11.5 Å². The molecule has 1 saturated heterocycles. The topological polar surface area (TPSA) is 27.7 Å². The van der Waals surface area contributed by atoms with Gasteiger partial charge in [-0.1, -0.05) is 27.5 Å². The van der Waals surface area contributed by atoms with Crippen molar-refractivity contribution in [3.05, 3.63) is 22.7 Å². The maximum atomic E-state index is 6.35. The zero-order valence-electron chi connectivity index (χ0n) is 10.7. The number of hydrogen-bond acceptors (Lipinski definition) is 3. The van der Waals surface area contributed by atoms with Gasteiger partial charge in [-0.05, 0) is 31.4 Å². The van der Waals surface area contributed by atoms with E-state index in [0.29, 0.717) is 24.3 Å². The zero-order valence-corrected chi connectivity index (χ0v) is 13.0. The first-order valence-electron chi connectivity index (χ1n) is 6.53. The third kappa shape index (κ3) is 2.71. The maximum absolute atomic E-state index is 6.35. The van der Waals surface area contributed by atoms with E-state index in [4.69, 9.17) is 25.8 Å². The minimum atomic E-state index is 0.0841. The van der Waals surface area contributed by atoms with Gasteiger partial charge in [0, 0.05) is 11.1 Å². The van der Waals surface area contributed by atoms with Gasteiger partial charge in [0.2, 0.25) is 0 Å². The molecule has 0 spiro atoms. The summed E-state index contributed by atoms with van der Waals surface area (Å²) in [5.74, 6) is 1.49. The van der Waals surface area contributed by atoms with Crippen LogP contribution in [0.5, 0.6) is 11.5 Å². The largest absolute Gasteiger partial charge is 0.486 e. The van der Waals surface area contributed by atoms with Crippen LogP contribution in [0, 0.1) is 0 Å². The molecule has 3 unspecified atom stereocenters. The normalized spacial score (nSPS) is 27.3. The van der Waals surface area contributed by atoms with Crippen molar-refractivity contribution in [3.63, 3.8) is 0 Å². The summed E-state index contributed by atoms with van der Waals surface area (Å²) in [6.45, 7) is 3.26. The predicted molar refractivity (Wildman–Crippen MR) is 77.7 cm³/mol. The standard InChI is InChI=1S/C14H16BrClO3/c1-8-2-3-11(19-8)14(15)9-6-12-13(7-10(9)16)18-5-4-17-12/h6-8,11,14H,2-5H2,1H3. The van der Waals surface area contributed by atoms with E-state index in [2.05, 4.69) is 22.9 Å². The molecule has 0 aromatic heterocycles. The quantitative estimate of drug-likeness (QED) is 0.753. The SMILES string of the molecule is CC1CCC(C(Br)c2cc3c(cc2Cl)OCCO3)O1. The lowest BCUT2D eigenvalue weighted by Gasteiger charge is -2.23. The Hall–Kier alpha value is -0.450. The summed E-state index contributed by atoms with van der Waals surface area (Å²) in [4.78, 5) is 0.0841. The highest BCUT2D eigenvalue weighted by atomic mass is 79.9. The fourth-order valence-electron chi connectivity index (χ4n) is 2.54. The number of halogens is 2. The Morgan fingerprint density at radius 2 is 1.89 bits per heavy atom. The van der Waals surface area contributed by atoms with Crippen molar-refractivity contribution in [1.82, 2.24) is 0 Å². The molecular formula is C14H16BrClO3. The molecule has 1 fully saturated rings. The zero-order chi connectivity index (χ0) is 13.4. The van der Waals surface area contributed by atoms with E-state index in [1.165, 1.54) is 0 Å². The summed E-state index contributed by atoms with van der Waals surface area (Å²) in [6, 6.07) is 3.79. The van der Waals surface area contributed by atoms with Crippen LogP contribution in [0.15, 0.2) is 12.1 Å². The summed E-state index contributed by atoms with van der Waals surface area (Å²) < 4.78 is 17.0. The molecule has 3 rings (SSSR count). The second-order valence-electron chi connectivity index (χ2n) is 4.98. The van der Waals surface area contributed by atoms with Crippen molar-refractivity contribution in [2.24, 2.45) is 0 Å². The molecule has 0 radical (unpaired) electrons. The average molecular weight is 348 g/mol. The molecule has 3 atom stereocenters. The van der Waals surface area contributed by atoms with Crippen molar-refractivity contribution < 1.29 is 14.2 Å². The molecule has 0 N–H and O–H groups in total. The Morgan fingerprint density at radius 1 is 1.21 bits per heavy atom. The Kier molecular flexibility index (Phi) is 3.92. The number of fused-ring (bicyclic) bond motifs is 1. The van der Waals surface area contributed by atoms with Gasteiger partial charge in [-0.25, -0.2) is 0 Å². The van der Waals surface area contributed by atoms with Gasteiger partial charge in [-0.15, -0.1) is 0 Å². The molecule has 1 aromatic carbocycles. The van der Waals surface area contributed by atoms with E-state index in [9.17, 15) is 0 Å². The molecule has 5 heteroatoms. The van der Waals surface area contributed by atoms with Crippen molar-refractivity contribution >= 4 is 27.5 Å². The summed E-state index contributed by atoms with van der Waals surface area (Å²) >= 11 is 10.1. The summed E-state index contributed by atoms with van der Waals surface area (Å²) in [7, 11) is 0. The molecule has 0 saturated carbocycles. The van der Waals surface area contributed by atoms with Crippen LogP contribution in [-0.2, 0) is 4.74 Å². The van der Waals surface area contributed by atoms with Crippen LogP contribution in [-0.4, -0.2) is 25.4 Å². The first-order valence-corrected chi connectivity index (χ1v) is 7.83. The molecule has 2 aliphatic rings. The lowest BCUT2D eigenvalue weighted by atomic mass is 10.0. The van der Waals surface area contributed by atoms with Crippen LogP contribution < -0.4 is 9.47 Å². The first kappa shape index (κ1) is 13.5. The molecule has 0 aliphatic carbocycles. The summed E-state index contributed by atoms with van der Waals surface area (Å²) in [5, 5.41) is 0.689. The lowest BCUT2D eigenvalue weighted by Crippen LogP contribution is -2.17. The van der Waals surface area contributed by atoms with Gasteiger partial charge in [0.05, 0.1) is 17.0 Å². The van der Waals surface area contributed by atoms with Crippen LogP contribution in [0.3, 0.4) is 0 Å². The van der Waals surface area contributed by atoms with Crippen LogP contribution >= 0.6 is 27.5 Å². The van der Waals surface area contributed by atoms with Gasteiger partial charge < -0.3 is 14.2 Å². The molecule has 0 bridgehead atoms. The van der Waals surface area contributed by atoms with Gasteiger partial charge in [0.1, 0.15) is 13.2 Å². The van der Waals surface area contributed by atoms with E-state index in [1.807, 2.05) is 12.1 Å². The minimum absolute atomic E-state index is 0.0841. The molecule has 19 heavy (non-hydrogen) atoms. The Bertz CT molecular complexity index is 480. The molecule has 104 valence electrons. The smallest absolute Gasteiger partial charge is 0.162 e. The van der Waals surface area contributed by atoms with Crippen molar-refractivity contribution in [3.8, 4) is 11.5 Å². The average Bonchev–Trinajstić information content (AvgIpc) is 2.84. The Morgan fingerprint density at radius 3 is 2.53 bits per heavy atom. The number of alkyl halides is 1. The van der Waals surface area contributed by atoms with Gasteiger partial charge >= 0.3 is 0 Å². The van der Waals surface area contributed by atoms with E-state index in [1.54, 1.807) is 0 Å². The highest BCUT2D eigenvalue weighted by Gasteiger charge is 2.31. The Balaban J connectivity index is 1.87. The van der Waals surface area contributed by atoms with E-state index < -0.39 is 0 Å². The predicted octanol–water partition coefficient (Wildman–Crippen LogP) is 4.11. The maximum Gasteiger partial charge on any atom is 0.162 e. The fraction of sp³-hybridized carbons (Fsp3) is 0.571. The third-order valence-electron chi connectivity index (χ3n) is 3.55. The third-order valence-corrected chi connectivity index (χ3v) is 4.96. The minimum Gasteiger partial charge on any atom is -0.486 e. The lowest BCUT2D eigenvalue weighted by molar-refractivity contribution is 0.0556. The highest BCUT2D eigenvalue weighted by molar-refractivity contribution is 9.09. The summed E-state index contributed by atoms with van der Waals surface area (Å²) in [6.07, 6.45) is 2.62. The highest BCUT2D eigenvalue weighted by Crippen LogP contribution is 2.43. The summed E-state index contributed by atoms with van der Waals surface area (Å²) in [5.41, 5.74) is 1.00. The van der Waals surface area contributed by atoms with Crippen LogP contribution in [0.2, 0.25) is 5.02 Å². The Labute approximate surface area is 126 Å². The molecule has 2 aliphatic heterocycles. The fourth-order valence-corrected chi connectivity index (χ4v) is 3.71. The molecule has 1 aromatic rings. The van der Waals surface area contributed by atoms with Crippen molar-refractivity contribution in [1.29, 1.82) is 0 Å². The first-order chi connectivity index (χ1) is 9.15. The van der Waals surface area contributed by atoms with Gasteiger partial charge in [-0.3, -0.25) is 0 Å². The molecular weight excluding hydrogens is 332 g/mol. The second kappa shape index (κ2) is 5.51. The van der Waals surface area contributed by atoms with E-state index >= 15 is 0 Å². The number of hydrogen-bond donors (Lipinski definition) is 0. The van der Waals surface area contributed by atoms with Crippen LogP contribution in [0.25, 0.3) is 0 Å². The van der Waals surface area contributed by atoms with Crippen LogP contribution in [0.4, 0.5) is 0 Å². The number of benzene rings is 1. The molecule has 3 nitrogen and oxygen atoms in total. The molecule has 0 amide bonds. The van der Waals surface area contributed by atoms with Gasteiger partial charge in [-0.2, -0.15) is 0 Å². The second-order valence-corrected chi connectivity index (χ2v) is 6.38. The number of ether oxygens (including phenoxy) is 3. The van der Waals surface area contributed by atoms with Crippen molar-refractivity contribution in [2.75, 3.05) is 13.2 Å². The van der Waals surface area contributed by atoms with Gasteiger partial charge in [0.25, 0.3) is 0 Å². The van der Waals surface area contributed by atoms with E-state index in [0.717, 1.165) is 29.9 Å². The number of rotatable bonds is 2. The molecule has 2 heterocycles. The van der Waals surface area contributed by atoms with Crippen LogP contribution in [0.1, 0.15) is 30.2 Å². The monoisotopic (exact) mass is 346 g/mol. The van der Waals surface area contributed by atoms with E-state index in [-0.39, 0.29) is 10.9 Å².